The van der Waals surface area contributed by atoms with Gasteiger partial charge in [-0.25, -0.2) is 9.78 Å². The molecule has 6 nitrogen and oxygen atoms in total. The normalized spacial score (nSPS) is 13.8. The van der Waals surface area contributed by atoms with Crippen molar-refractivity contribution in [3.05, 3.63) is 66.5 Å². The van der Waals surface area contributed by atoms with E-state index in [0.29, 0.717) is 23.0 Å². The van der Waals surface area contributed by atoms with Gasteiger partial charge in [0.25, 0.3) is 0 Å². The lowest BCUT2D eigenvalue weighted by atomic mass is 10.3. The van der Waals surface area contributed by atoms with Crippen LogP contribution in [0, 0.1) is 0 Å². The van der Waals surface area contributed by atoms with Crippen molar-refractivity contribution in [3.63, 3.8) is 0 Å². The van der Waals surface area contributed by atoms with Crippen LogP contribution < -0.4 is 9.64 Å². The van der Waals surface area contributed by atoms with Gasteiger partial charge in [-0.3, -0.25) is 9.36 Å². The Morgan fingerprint density at radius 3 is 2.46 bits per heavy atom. The van der Waals surface area contributed by atoms with E-state index < -0.39 is 5.97 Å². The summed E-state index contributed by atoms with van der Waals surface area (Å²) in [6.07, 6.45) is 4.89. The summed E-state index contributed by atoms with van der Waals surface area (Å²) in [7, 11) is 0. The minimum Gasteiger partial charge on any atom is -0.422 e. The number of thioether (sulfide) groups is 1. The van der Waals surface area contributed by atoms with Crippen molar-refractivity contribution in [2.45, 2.75) is 18.0 Å². The molecule has 1 aliphatic heterocycles. The molecule has 2 aromatic carbocycles. The summed E-state index contributed by atoms with van der Waals surface area (Å²) in [5.41, 5.74) is 2.02. The van der Waals surface area contributed by atoms with Crippen LogP contribution in [0.15, 0.2) is 66.0 Å². The zero-order chi connectivity index (χ0) is 19.5. The molecule has 1 aliphatic rings. The van der Waals surface area contributed by atoms with Crippen LogP contribution in [0.4, 0.5) is 5.69 Å². The number of para-hydroxylation sites is 1. The Kier molecular flexibility index (Phi) is 5.16. The molecule has 0 N–H and O–H groups in total. The maximum atomic E-state index is 12.8. The van der Waals surface area contributed by atoms with Gasteiger partial charge in [0.15, 0.2) is 10.9 Å². The quantitative estimate of drug-likeness (QED) is 0.373. The van der Waals surface area contributed by atoms with Crippen LogP contribution in [-0.4, -0.2) is 34.2 Å². The molecule has 1 saturated heterocycles. The van der Waals surface area contributed by atoms with Gasteiger partial charge in [-0.2, -0.15) is 0 Å². The Morgan fingerprint density at radius 2 is 1.82 bits per heavy atom. The van der Waals surface area contributed by atoms with Crippen molar-refractivity contribution in [2.75, 3.05) is 17.7 Å². The van der Waals surface area contributed by atoms with Gasteiger partial charge in [0.2, 0.25) is 5.91 Å². The first-order chi connectivity index (χ1) is 13.7. The van der Waals surface area contributed by atoms with Crippen molar-refractivity contribution in [3.8, 4) is 11.4 Å². The van der Waals surface area contributed by atoms with E-state index in [1.807, 2.05) is 36.6 Å². The summed E-state index contributed by atoms with van der Waals surface area (Å²) in [5.74, 6) is 0.0645. The molecule has 0 bridgehead atoms. The molecule has 0 saturated carbocycles. The third kappa shape index (κ3) is 3.53. The number of aromatic nitrogens is 2. The summed E-state index contributed by atoms with van der Waals surface area (Å²) in [5, 5.41) is 0.709. The van der Waals surface area contributed by atoms with E-state index in [1.165, 1.54) is 18.0 Å². The summed E-state index contributed by atoms with van der Waals surface area (Å²) >= 11 is 1.46. The number of anilines is 1. The number of rotatable bonds is 5. The van der Waals surface area contributed by atoms with E-state index >= 15 is 0 Å². The first-order valence-electron chi connectivity index (χ1n) is 8.97. The fraction of sp³-hybridized carbons (Fsp3) is 0.190. The smallest absolute Gasteiger partial charge is 0.362 e. The number of ether oxygens (including phenoxy) is 1. The van der Waals surface area contributed by atoms with E-state index in [1.54, 1.807) is 33.7 Å². The van der Waals surface area contributed by atoms with Crippen molar-refractivity contribution in [1.29, 1.82) is 0 Å². The average molecular weight is 393 g/mol. The SMILES string of the molecule is CSc1ncc(C(=O)Oc2ccc(N3CCCC3=O)cc2)n1-c1ccccc1. The van der Waals surface area contributed by atoms with E-state index in [2.05, 4.69) is 4.98 Å². The molecule has 0 atom stereocenters. The van der Waals surface area contributed by atoms with Crippen molar-refractivity contribution < 1.29 is 14.3 Å². The number of carbonyl (C=O) groups excluding carboxylic acids is 2. The predicted octanol–water partition coefficient (Wildman–Crippen LogP) is 3.94. The molecule has 0 aliphatic carbocycles. The van der Waals surface area contributed by atoms with Gasteiger partial charge in [0, 0.05) is 24.3 Å². The molecule has 0 radical (unpaired) electrons. The minimum atomic E-state index is -0.485. The Labute approximate surface area is 167 Å². The third-order valence-corrected chi connectivity index (χ3v) is 5.22. The lowest BCUT2D eigenvalue weighted by Crippen LogP contribution is -2.23. The van der Waals surface area contributed by atoms with Crippen LogP contribution >= 0.6 is 11.8 Å². The molecule has 0 spiro atoms. The standard InChI is InChI=1S/C21H19N3O3S/c1-28-21-22-14-18(24(21)16-6-3-2-4-7-16)20(26)27-17-11-9-15(10-12-17)23-13-5-8-19(23)25/h2-4,6-7,9-12,14H,5,8,13H2,1H3. The number of hydrogen-bond acceptors (Lipinski definition) is 5. The van der Waals surface area contributed by atoms with Gasteiger partial charge < -0.3 is 9.64 Å². The topological polar surface area (TPSA) is 64.4 Å². The van der Waals surface area contributed by atoms with Gasteiger partial charge in [-0.1, -0.05) is 30.0 Å². The van der Waals surface area contributed by atoms with E-state index in [9.17, 15) is 9.59 Å². The fourth-order valence-electron chi connectivity index (χ4n) is 3.22. The maximum absolute atomic E-state index is 12.8. The highest BCUT2D eigenvalue weighted by atomic mass is 32.2. The number of amides is 1. The molecule has 142 valence electrons. The molecule has 1 fully saturated rings. The number of benzene rings is 2. The Bertz CT molecular complexity index is 999. The molecule has 0 unspecified atom stereocenters. The lowest BCUT2D eigenvalue weighted by molar-refractivity contribution is -0.117. The summed E-state index contributed by atoms with van der Waals surface area (Å²) in [4.78, 5) is 30.7. The summed E-state index contributed by atoms with van der Waals surface area (Å²) < 4.78 is 7.33. The Balaban J connectivity index is 1.56. The monoisotopic (exact) mass is 393 g/mol. The number of esters is 1. The van der Waals surface area contributed by atoms with Crippen LogP contribution in [-0.2, 0) is 4.79 Å². The minimum absolute atomic E-state index is 0.126. The lowest BCUT2D eigenvalue weighted by Gasteiger charge is -2.16. The number of imidazole rings is 1. The second kappa shape index (κ2) is 7.90. The first-order valence-corrected chi connectivity index (χ1v) is 10.2. The molecule has 1 amide bonds. The largest absolute Gasteiger partial charge is 0.422 e. The summed E-state index contributed by atoms with van der Waals surface area (Å²) in [6.45, 7) is 0.728. The van der Waals surface area contributed by atoms with Crippen molar-refractivity contribution in [1.82, 2.24) is 9.55 Å². The molecule has 2 heterocycles. The fourth-order valence-corrected chi connectivity index (χ4v) is 3.77. The van der Waals surface area contributed by atoms with Gasteiger partial charge in [0.05, 0.1) is 6.20 Å². The van der Waals surface area contributed by atoms with Crippen LogP contribution in [0.25, 0.3) is 5.69 Å². The van der Waals surface area contributed by atoms with Crippen LogP contribution in [0.2, 0.25) is 0 Å². The van der Waals surface area contributed by atoms with E-state index in [-0.39, 0.29) is 5.91 Å². The van der Waals surface area contributed by atoms with Crippen molar-refractivity contribution >= 4 is 29.3 Å². The van der Waals surface area contributed by atoms with Gasteiger partial charge in [-0.05, 0) is 49.1 Å². The van der Waals surface area contributed by atoms with Gasteiger partial charge in [-0.15, -0.1) is 0 Å². The molecule has 3 aromatic rings. The van der Waals surface area contributed by atoms with Crippen LogP contribution in [0.3, 0.4) is 0 Å². The second-order valence-corrected chi connectivity index (χ2v) is 7.11. The molecule has 28 heavy (non-hydrogen) atoms. The molecular formula is C21H19N3O3S. The van der Waals surface area contributed by atoms with Gasteiger partial charge >= 0.3 is 5.97 Å². The summed E-state index contributed by atoms with van der Waals surface area (Å²) in [6, 6.07) is 16.6. The second-order valence-electron chi connectivity index (χ2n) is 6.33. The van der Waals surface area contributed by atoms with Crippen LogP contribution in [0.5, 0.6) is 5.75 Å². The average Bonchev–Trinajstić information content (AvgIpc) is 3.35. The van der Waals surface area contributed by atoms with E-state index in [0.717, 1.165) is 24.3 Å². The molecule has 4 rings (SSSR count). The Hall–Kier alpha value is -3.06. The highest BCUT2D eigenvalue weighted by Gasteiger charge is 2.22. The van der Waals surface area contributed by atoms with Gasteiger partial charge in [0.1, 0.15) is 5.75 Å². The number of carbonyl (C=O) groups is 2. The van der Waals surface area contributed by atoms with Crippen LogP contribution in [0.1, 0.15) is 23.3 Å². The number of nitrogens with zero attached hydrogens (tertiary/aromatic N) is 3. The third-order valence-electron chi connectivity index (χ3n) is 4.57. The first kappa shape index (κ1) is 18.3. The zero-order valence-corrected chi connectivity index (χ0v) is 16.2. The van der Waals surface area contributed by atoms with E-state index in [4.69, 9.17) is 4.74 Å². The molecule has 1 aromatic heterocycles. The predicted molar refractivity (Wildman–Crippen MR) is 108 cm³/mol. The van der Waals surface area contributed by atoms with Crippen molar-refractivity contribution in [2.24, 2.45) is 0 Å². The number of hydrogen-bond donors (Lipinski definition) is 0. The molecular weight excluding hydrogens is 374 g/mol. The molecule has 7 heteroatoms. The zero-order valence-electron chi connectivity index (χ0n) is 15.4. The highest BCUT2D eigenvalue weighted by molar-refractivity contribution is 7.98. The Morgan fingerprint density at radius 1 is 1.07 bits per heavy atom. The maximum Gasteiger partial charge on any atom is 0.362 e. The highest BCUT2D eigenvalue weighted by Crippen LogP contribution is 2.26.